The Morgan fingerprint density at radius 2 is 1.74 bits per heavy atom. The Labute approximate surface area is 215 Å². The zero-order valence-corrected chi connectivity index (χ0v) is 21.1. The number of benzene rings is 2. The summed E-state index contributed by atoms with van der Waals surface area (Å²) in [5.41, 5.74) is 4.29. The van der Waals surface area contributed by atoms with Gasteiger partial charge in [0.1, 0.15) is 22.6 Å². The molecule has 35 heavy (non-hydrogen) atoms. The summed E-state index contributed by atoms with van der Waals surface area (Å²) in [5.74, 6) is 0.158. The molecule has 1 aliphatic heterocycles. The van der Waals surface area contributed by atoms with Crippen LogP contribution in [0.5, 0.6) is 11.6 Å². The maximum absolute atomic E-state index is 14.1. The summed E-state index contributed by atoms with van der Waals surface area (Å²) >= 11 is 0. The van der Waals surface area contributed by atoms with Gasteiger partial charge in [0.15, 0.2) is 0 Å². The molecule has 1 fully saturated rings. The molecule has 4 aromatic rings. The van der Waals surface area contributed by atoms with Crippen molar-refractivity contribution in [3.05, 3.63) is 83.3 Å². The highest BCUT2D eigenvalue weighted by Gasteiger charge is 2.30. The molecule has 1 aliphatic rings. The third kappa shape index (κ3) is 5.12. The summed E-state index contributed by atoms with van der Waals surface area (Å²) in [6, 6.07) is 16.1. The topological polar surface area (TPSA) is 59.4 Å². The number of pyridine rings is 1. The SMILES string of the molecule is Cc1cnc2c(C(=O)N3CCNCC3)c(Oc3cc(F)ccc3C)n(-c3ccccc3)c2c1.Cl.Cl. The van der Waals surface area contributed by atoms with E-state index in [1.165, 1.54) is 12.1 Å². The molecule has 2 aromatic carbocycles. The van der Waals surface area contributed by atoms with Gasteiger partial charge in [-0.1, -0.05) is 24.3 Å². The van der Waals surface area contributed by atoms with E-state index in [1.54, 1.807) is 12.3 Å². The van der Waals surface area contributed by atoms with E-state index in [-0.39, 0.29) is 30.7 Å². The van der Waals surface area contributed by atoms with Crippen LogP contribution >= 0.6 is 24.8 Å². The summed E-state index contributed by atoms with van der Waals surface area (Å²) in [4.78, 5) is 20.3. The largest absolute Gasteiger partial charge is 0.439 e. The number of rotatable bonds is 4. The van der Waals surface area contributed by atoms with E-state index < -0.39 is 5.82 Å². The smallest absolute Gasteiger partial charge is 0.261 e. The molecule has 6 nitrogen and oxygen atoms in total. The molecular weight excluding hydrogens is 490 g/mol. The number of carbonyl (C=O) groups excluding carboxylic acids is 1. The second-order valence-electron chi connectivity index (χ2n) is 8.29. The molecule has 2 aromatic heterocycles. The second-order valence-corrected chi connectivity index (χ2v) is 8.29. The van der Waals surface area contributed by atoms with E-state index >= 15 is 0 Å². The number of amides is 1. The minimum atomic E-state index is -0.401. The minimum Gasteiger partial charge on any atom is -0.439 e. The Hall–Kier alpha value is -3.13. The third-order valence-electron chi connectivity index (χ3n) is 5.89. The van der Waals surface area contributed by atoms with Crippen LogP contribution in [0.15, 0.2) is 60.8 Å². The highest BCUT2D eigenvalue weighted by molar-refractivity contribution is 6.09. The summed E-state index contributed by atoms with van der Waals surface area (Å²) in [7, 11) is 0. The monoisotopic (exact) mass is 516 g/mol. The number of aryl methyl sites for hydroxylation is 2. The minimum absolute atomic E-state index is 0. The number of para-hydroxylation sites is 1. The van der Waals surface area contributed by atoms with Crippen LogP contribution < -0.4 is 10.1 Å². The predicted octanol–water partition coefficient (Wildman–Crippen LogP) is 5.46. The molecular formula is C26H27Cl2FN4O2. The van der Waals surface area contributed by atoms with E-state index in [0.29, 0.717) is 35.8 Å². The number of ether oxygens (including phenoxy) is 1. The Morgan fingerprint density at radius 3 is 2.46 bits per heavy atom. The van der Waals surface area contributed by atoms with E-state index in [0.717, 1.165) is 35.4 Å². The fourth-order valence-electron chi connectivity index (χ4n) is 4.18. The zero-order valence-electron chi connectivity index (χ0n) is 19.5. The molecule has 184 valence electrons. The van der Waals surface area contributed by atoms with Gasteiger partial charge in [-0.25, -0.2) is 4.39 Å². The molecule has 1 amide bonds. The number of hydrogen-bond acceptors (Lipinski definition) is 4. The first kappa shape index (κ1) is 26.5. The Balaban J connectivity index is 0.00000171. The van der Waals surface area contributed by atoms with Crippen molar-refractivity contribution in [2.24, 2.45) is 0 Å². The molecule has 1 saturated heterocycles. The van der Waals surface area contributed by atoms with Crippen LogP contribution in [0.25, 0.3) is 16.7 Å². The fourth-order valence-corrected chi connectivity index (χ4v) is 4.18. The second kappa shape index (κ2) is 11.1. The highest BCUT2D eigenvalue weighted by Crippen LogP contribution is 2.39. The number of nitrogens with one attached hydrogen (secondary N) is 1. The average molecular weight is 517 g/mol. The molecule has 1 N–H and O–H groups in total. The molecule has 0 saturated carbocycles. The highest BCUT2D eigenvalue weighted by atomic mass is 35.5. The third-order valence-corrected chi connectivity index (χ3v) is 5.89. The van der Waals surface area contributed by atoms with Crippen LogP contribution in [-0.4, -0.2) is 46.5 Å². The van der Waals surface area contributed by atoms with Crippen molar-refractivity contribution in [3.63, 3.8) is 0 Å². The lowest BCUT2D eigenvalue weighted by molar-refractivity contribution is 0.0734. The van der Waals surface area contributed by atoms with Crippen LogP contribution in [0.1, 0.15) is 21.5 Å². The quantitative estimate of drug-likeness (QED) is 0.391. The summed E-state index contributed by atoms with van der Waals surface area (Å²) in [5, 5.41) is 3.28. The van der Waals surface area contributed by atoms with Crippen molar-refractivity contribution in [1.82, 2.24) is 19.8 Å². The van der Waals surface area contributed by atoms with Gasteiger partial charge in [-0.05, 0) is 49.2 Å². The van der Waals surface area contributed by atoms with E-state index in [9.17, 15) is 9.18 Å². The van der Waals surface area contributed by atoms with Gasteiger partial charge in [-0.15, -0.1) is 24.8 Å². The van der Waals surface area contributed by atoms with Gasteiger partial charge in [0.25, 0.3) is 5.91 Å². The number of halogens is 3. The molecule has 0 radical (unpaired) electrons. The number of aromatic nitrogens is 2. The lowest BCUT2D eigenvalue weighted by Crippen LogP contribution is -2.46. The van der Waals surface area contributed by atoms with Gasteiger partial charge in [0.2, 0.25) is 5.88 Å². The summed E-state index contributed by atoms with van der Waals surface area (Å²) in [6.45, 7) is 6.47. The van der Waals surface area contributed by atoms with Crippen LogP contribution in [0.3, 0.4) is 0 Å². The lowest BCUT2D eigenvalue weighted by atomic mass is 10.2. The van der Waals surface area contributed by atoms with Gasteiger partial charge >= 0.3 is 0 Å². The Kier molecular flexibility index (Phi) is 8.38. The van der Waals surface area contributed by atoms with Crippen molar-refractivity contribution >= 4 is 41.8 Å². The van der Waals surface area contributed by atoms with Crippen molar-refractivity contribution in [1.29, 1.82) is 0 Å². The molecule has 0 aliphatic carbocycles. The molecule has 9 heteroatoms. The fraction of sp³-hybridized carbons (Fsp3) is 0.231. The van der Waals surface area contributed by atoms with Crippen LogP contribution in [0, 0.1) is 19.7 Å². The van der Waals surface area contributed by atoms with Crippen molar-refractivity contribution < 1.29 is 13.9 Å². The van der Waals surface area contributed by atoms with Crippen LogP contribution in [0.4, 0.5) is 4.39 Å². The molecule has 3 heterocycles. The van der Waals surface area contributed by atoms with E-state index in [1.807, 2.05) is 59.7 Å². The first-order valence-electron chi connectivity index (χ1n) is 11.0. The van der Waals surface area contributed by atoms with Gasteiger partial charge in [-0.2, -0.15) is 0 Å². The zero-order chi connectivity index (χ0) is 22.9. The standard InChI is InChI=1S/C26H25FN4O2.2ClH/c1-17-14-21-24(29-16-17)23(25(32)30-12-10-28-11-13-30)26(31(21)20-6-4-3-5-7-20)33-22-15-19(27)9-8-18(22)2;;/h3-9,14-16,28H,10-13H2,1-2H3;2*1H. The first-order valence-corrected chi connectivity index (χ1v) is 11.0. The maximum Gasteiger partial charge on any atom is 0.261 e. The maximum atomic E-state index is 14.1. The first-order chi connectivity index (χ1) is 16.0. The van der Waals surface area contributed by atoms with Gasteiger partial charge in [-0.3, -0.25) is 14.3 Å². The molecule has 0 unspecified atom stereocenters. The van der Waals surface area contributed by atoms with Crippen molar-refractivity contribution in [3.8, 4) is 17.3 Å². The number of nitrogens with zero attached hydrogens (tertiary/aromatic N) is 3. The Morgan fingerprint density at radius 1 is 1.03 bits per heavy atom. The van der Waals surface area contributed by atoms with Gasteiger partial charge < -0.3 is 15.0 Å². The molecule has 0 spiro atoms. The van der Waals surface area contributed by atoms with Crippen molar-refractivity contribution in [2.75, 3.05) is 26.2 Å². The number of hydrogen-bond donors (Lipinski definition) is 1. The van der Waals surface area contributed by atoms with Gasteiger partial charge in [0.05, 0.1) is 5.52 Å². The lowest BCUT2D eigenvalue weighted by Gasteiger charge is -2.27. The molecule has 0 bridgehead atoms. The Bertz CT molecular complexity index is 1340. The van der Waals surface area contributed by atoms with Gasteiger partial charge in [0, 0.05) is 44.1 Å². The van der Waals surface area contributed by atoms with Crippen molar-refractivity contribution in [2.45, 2.75) is 13.8 Å². The molecule has 0 atom stereocenters. The van der Waals surface area contributed by atoms with E-state index in [2.05, 4.69) is 10.3 Å². The normalized spacial score (nSPS) is 13.2. The predicted molar refractivity (Wildman–Crippen MR) is 140 cm³/mol. The molecule has 5 rings (SSSR count). The number of fused-ring (bicyclic) bond motifs is 1. The summed E-state index contributed by atoms with van der Waals surface area (Å²) in [6.07, 6.45) is 1.75. The summed E-state index contributed by atoms with van der Waals surface area (Å²) < 4.78 is 22.4. The van der Waals surface area contributed by atoms with Crippen LogP contribution in [-0.2, 0) is 0 Å². The average Bonchev–Trinajstić information content (AvgIpc) is 3.14. The number of carbonyl (C=O) groups is 1. The van der Waals surface area contributed by atoms with E-state index in [4.69, 9.17) is 4.74 Å². The van der Waals surface area contributed by atoms with Crippen LogP contribution in [0.2, 0.25) is 0 Å². The number of piperazine rings is 1.